The second-order valence-electron chi connectivity index (χ2n) is 5.62. The summed E-state index contributed by atoms with van der Waals surface area (Å²) < 4.78 is 5.78. The number of ether oxygens (including phenoxy) is 1. The van der Waals surface area contributed by atoms with Gasteiger partial charge in [-0.05, 0) is 57.9 Å². The van der Waals surface area contributed by atoms with Gasteiger partial charge in [0.25, 0.3) is 0 Å². The largest absolute Gasteiger partial charge is 0.486 e. The minimum absolute atomic E-state index is 0.435. The fraction of sp³-hybridized carbons (Fsp3) is 0.438. The molecule has 1 aromatic carbocycles. The lowest BCUT2D eigenvalue weighted by atomic mass is 10.1. The van der Waals surface area contributed by atoms with Crippen molar-refractivity contribution in [2.45, 2.75) is 46.8 Å². The molecule has 0 aliphatic heterocycles. The molecular formula is C16H21NO2S. The maximum Gasteiger partial charge on any atom is 0.140 e. The maximum atomic E-state index is 10.1. The van der Waals surface area contributed by atoms with Gasteiger partial charge in [0, 0.05) is 0 Å². The normalized spacial score (nSPS) is 11.7. The number of aromatic nitrogens is 1. The van der Waals surface area contributed by atoms with Crippen molar-refractivity contribution in [3.8, 4) is 5.75 Å². The van der Waals surface area contributed by atoms with E-state index in [1.54, 1.807) is 13.8 Å². The Hall–Kier alpha value is -1.39. The highest BCUT2D eigenvalue weighted by Crippen LogP contribution is 2.30. The Morgan fingerprint density at radius 1 is 1.20 bits per heavy atom. The van der Waals surface area contributed by atoms with Crippen LogP contribution in [0.2, 0.25) is 0 Å². The molecule has 0 saturated carbocycles. The van der Waals surface area contributed by atoms with E-state index in [4.69, 9.17) is 4.74 Å². The summed E-state index contributed by atoms with van der Waals surface area (Å²) in [7, 11) is 0. The first-order valence-electron chi connectivity index (χ1n) is 6.66. The van der Waals surface area contributed by atoms with Gasteiger partial charge < -0.3 is 9.84 Å². The van der Waals surface area contributed by atoms with E-state index in [9.17, 15) is 5.11 Å². The molecular weight excluding hydrogens is 270 g/mol. The number of hydrogen-bond donors (Lipinski definition) is 1. The van der Waals surface area contributed by atoms with Gasteiger partial charge in [0.1, 0.15) is 17.4 Å². The summed E-state index contributed by atoms with van der Waals surface area (Å²) >= 11 is 1.51. The molecule has 0 aliphatic rings. The summed E-state index contributed by atoms with van der Waals surface area (Å²) in [5.74, 6) is 0.853. The van der Waals surface area contributed by atoms with Gasteiger partial charge in [-0.1, -0.05) is 6.07 Å². The SMILES string of the molecule is Cc1ccc(OCc2nc(C)c(C(C)(C)O)s2)cc1C. The molecule has 0 aliphatic carbocycles. The molecule has 0 saturated heterocycles. The third-order valence-corrected chi connectivity index (χ3v) is 4.68. The van der Waals surface area contributed by atoms with Gasteiger partial charge in [0.2, 0.25) is 0 Å². The summed E-state index contributed by atoms with van der Waals surface area (Å²) in [6, 6.07) is 6.06. The number of aliphatic hydroxyl groups is 1. The second kappa shape index (κ2) is 5.54. The Morgan fingerprint density at radius 3 is 2.45 bits per heavy atom. The number of aryl methyl sites for hydroxylation is 3. The molecule has 0 spiro atoms. The Labute approximate surface area is 124 Å². The molecule has 0 amide bonds. The topological polar surface area (TPSA) is 42.4 Å². The molecule has 0 atom stereocenters. The van der Waals surface area contributed by atoms with E-state index in [0.29, 0.717) is 6.61 Å². The van der Waals surface area contributed by atoms with Crippen molar-refractivity contribution in [2.75, 3.05) is 0 Å². The molecule has 108 valence electrons. The lowest BCUT2D eigenvalue weighted by molar-refractivity contribution is 0.0817. The van der Waals surface area contributed by atoms with Crippen molar-refractivity contribution in [2.24, 2.45) is 0 Å². The van der Waals surface area contributed by atoms with E-state index in [0.717, 1.165) is 21.3 Å². The van der Waals surface area contributed by atoms with E-state index in [-0.39, 0.29) is 0 Å². The number of thiazole rings is 1. The fourth-order valence-electron chi connectivity index (χ4n) is 2.03. The highest BCUT2D eigenvalue weighted by atomic mass is 32.1. The molecule has 1 heterocycles. The average molecular weight is 291 g/mol. The van der Waals surface area contributed by atoms with Crippen molar-refractivity contribution in [3.63, 3.8) is 0 Å². The summed E-state index contributed by atoms with van der Waals surface area (Å²) in [5, 5.41) is 11.0. The van der Waals surface area contributed by atoms with Gasteiger partial charge in [-0.15, -0.1) is 11.3 Å². The lowest BCUT2D eigenvalue weighted by Gasteiger charge is -2.15. The van der Waals surface area contributed by atoms with E-state index in [1.807, 2.05) is 19.1 Å². The predicted octanol–water partition coefficient (Wildman–Crippen LogP) is 3.87. The standard InChI is InChI=1S/C16H21NO2S/c1-10-6-7-13(8-11(10)2)19-9-14-17-12(3)15(20-14)16(4,5)18/h6-8,18H,9H2,1-5H3. The van der Waals surface area contributed by atoms with Crippen LogP contribution in [-0.4, -0.2) is 10.1 Å². The van der Waals surface area contributed by atoms with Crippen molar-refractivity contribution in [1.82, 2.24) is 4.98 Å². The quantitative estimate of drug-likeness (QED) is 0.929. The molecule has 20 heavy (non-hydrogen) atoms. The maximum absolute atomic E-state index is 10.1. The zero-order valence-electron chi connectivity index (χ0n) is 12.7. The summed E-state index contributed by atoms with van der Waals surface area (Å²) in [4.78, 5) is 5.36. The number of hydrogen-bond acceptors (Lipinski definition) is 4. The molecule has 4 heteroatoms. The van der Waals surface area contributed by atoms with Crippen LogP contribution in [0.3, 0.4) is 0 Å². The Kier molecular flexibility index (Phi) is 4.16. The number of nitrogens with zero attached hydrogens (tertiary/aromatic N) is 1. The van der Waals surface area contributed by atoms with Crippen LogP contribution in [-0.2, 0) is 12.2 Å². The molecule has 1 aromatic heterocycles. The van der Waals surface area contributed by atoms with E-state index in [2.05, 4.69) is 24.9 Å². The molecule has 2 rings (SSSR count). The molecule has 0 radical (unpaired) electrons. The van der Waals surface area contributed by atoms with Crippen LogP contribution in [0, 0.1) is 20.8 Å². The molecule has 0 fully saturated rings. The summed E-state index contributed by atoms with van der Waals surface area (Å²) in [5.41, 5.74) is 2.50. The lowest BCUT2D eigenvalue weighted by Crippen LogP contribution is -2.14. The van der Waals surface area contributed by atoms with E-state index < -0.39 is 5.60 Å². The molecule has 0 bridgehead atoms. The fourth-order valence-corrected chi connectivity index (χ4v) is 3.01. The monoisotopic (exact) mass is 291 g/mol. The second-order valence-corrected chi connectivity index (χ2v) is 6.70. The zero-order valence-corrected chi connectivity index (χ0v) is 13.5. The van der Waals surface area contributed by atoms with Crippen LogP contribution >= 0.6 is 11.3 Å². The van der Waals surface area contributed by atoms with Crippen molar-refractivity contribution in [3.05, 3.63) is 44.9 Å². The van der Waals surface area contributed by atoms with Crippen LogP contribution in [0.25, 0.3) is 0 Å². The highest BCUT2D eigenvalue weighted by Gasteiger charge is 2.22. The van der Waals surface area contributed by atoms with Gasteiger partial charge in [0.05, 0.1) is 16.2 Å². The number of benzene rings is 1. The van der Waals surface area contributed by atoms with Gasteiger partial charge in [-0.2, -0.15) is 0 Å². The van der Waals surface area contributed by atoms with Crippen molar-refractivity contribution in [1.29, 1.82) is 0 Å². The van der Waals surface area contributed by atoms with Crippen molar-refractivity contribution < 1.29 is 9.84 Å². The van der Waals surface area contributed by atoms with Crippen LogP contribution in [0.1, 0.15) is 40.6 Å². The first kappa shape index (κ1) is 15.0. The third-order valence-electron chi connectivity index (χ3n) is 3.24. The van der Waals surface area contributed by atoms with Crippen LogP contribution in [0.4, 0.5) is 0 Å². The summed E-state index contributed by atoms with van der Waals surface area (Å²) in [6.07, 6.45) is 0. The number of rotatable bonds is 4. The van der Waals surface area contributed by atoms with Gasteiger partial charge in [0.15, 0.2) is 0 Å². The van der Waals surface area contributed by atoms with Crippen molar-refractivity contribution >= 4 is 11.3 Å². The van der Waals surface area contributed by atoms with Crippen LogP contribution in [0.5, 0.6) is 5.75 Å². The Morgan fingerprint density at radius 2 is 1.90 bits per heavy atom. The molecule has 3 nitrogen and oxygen atoms in total. The minimum atomic E-state index is -0.847. The first-order valence-corrected chi connectivity index (χ1v) is 7.48. The first-order chi connectivity index (χ1) is 9.27. The van der Waals surface area contributed by atoms with E-state index >= 15 is 0 Å². The van der Waals surface area contributed by atoms with Gasteiger partial charge in [-0.25, -0.2) is 4.98 Å². The van der Waals surface area contributed by atoms with E-state index in [1.165, 1.54) is 22.5 Å². The zero-order chi connectivity index (χ0) is 14.9. The minimum Gasteiger partial charge on any atom is -0.486 e. The van der Waals surface area contributed by atoms with Gasteiger partial charge >= 0.3 is 0 Å². The predicted molar refractivity (Wildman–Crippen MR) is 82.3 cm³/mol. The van der Waals surface area contributed by atoms with Gasteiger partial charge in [-0.3, -0.25) is 0 Å². The van der Waals surface area contributed by atoms with Crippen LogP contribution < -0.4 is 4.74 Å². The Bertz CT molecular complexity index is 611. The molecule has 2 aromatic rings. The Balaban J connectivity index is 2.09. The third kappa shape index (κ3) is 3.38. The average Bonchev–Trinajstić information content (AvgIpc) is 2.72. The molecule has 0 unspecified atom stereocenters. The smallest absolute Gasteiger partial charge is 0.140 e. The summed E-state index contributed by atoms with van der Waals surface area (Å²) in [6.45, 7) is 10.1. The van der Waals surface area contributed by atoms with Crippen LogP contribution in [0.15, 0.2) is 18.2 Å². The highest BCUT2D eigenvalue weighted by molar-refractivity contribution is 7.11. The molecule has 1 N–H and O–H groups in total.